The van der Waals surface area contributed by atoms with Gasteiger partial charge in [0.15, 0.2) is 0 Å². The molecule has 0 aromatic carbocycles. The smallest absolute Gasteiger partial charge is 0.410 e. The van der Waals surface area contributed by atoms with Gasteiger partial charge in [-0.3, -0.25) is 0 Å². The molecule has 2 aliphatic heterocycles. The maximum Gasteiger partial charge on any atom is 0.410 e. The summed E-state index contributed by atoms with van der Waals surface area (Å²) in [5.41, 5.74) is -0.386. The van der Waals surface area contributed by atoms with Gasteiger partial charge in [-0.05, 0) is 52.4 Å². The van der Waals surface area contributed by atoms with Gasteiger partial charge in [0, 0.05) is 17.4 Å². The summed E-state index contributed by atoms with van der Waals surface area (Å²) >= 11 is 3.56. The second-order valence-corrected chi connectivity index (χ2v) is 6.91. The van der Waals surface area contributed by atoms with Gasteiger partial charge in [0.25, 0.3) is 0 Å². The van der Waals surface area contributed by atoms with Crippen LogP contribution in [-0.2, 0) is 4.74 Å². The molecular weight excluding hydrogens is 282 g/mol. The highest BCUT2D eigenvalue weighted by atomic mass is 79.9. The highest BCUT2D eigenvalue weighted by molar-refractivity contribution is 9.09. The van der Waals surface area contributed by atoms with Gasteiger partial charge in [0.05, 0.1) is 0 Å². The summed E-state index contributed by atoms with van der Waals surface area (Å²) in [6.07, 6.45) is 4.43. The van der Waals surface area contributed by atoms with Gasteiger partial charge in [-0.1, -0.05) is 15.9 Å². The predicted octanol–water partition coefficient (Wildman–Crippen LogP) is 3.56. The van der Waals surface area contributed by atoms with Gasteiger partial charge in [-0.2, -0.15) is 0 Å². The van der Waals surface area contributed by atoms with Gasteiger partial charge in [-0.15, -0.1) is 0 Å². The van der Waals surface area contributed by atoms with Crippen molar-refractivity contribution >= 4 is 22.0 Å². The number of rotatable bonds is 1. The summed E-state index contributed by atoms with van der Waals surface area (Å²) in [5, 5.41) is 1.06. The minimum Gasteiger partial charge on any atom is -0.444 e. The molecule has 4 heteroatoms. The third kappa shape index (κ3) is 2.95. The first-order valence-electron chi connectivity index (χ1n) is 6.48. The minimum atomic E-state index is -0.386. The Labute approximate surface area is 112 Å². The van der Waals surface area contributed by atoms with Crippen LogP contribution >= 0.6 is 15.9 Å². The standard InChI is InChI=1S/C13H22BrNO2/c1-13(2,3)17-12(16)15-10-4-5-11(15)7-9(6-10)8-14/h9-11H,4-8H2,1-3H3. The summed E-state index contributed by atoms with van der Waals surface area (Å²) in [5.74, 6) is 0.728. The molecule has 2 saturated heterocycles. The second kappa shape index (κ2) is 4.79. The van der Waals surface area contributed by atoms with Crippen molar-refractivity contribution in [1.82, 2.24) is 4.90 Å². The van der Waals surface area contributed by atoms with Crippen molar-refractivity contribution in [1.29, 1.82) is 0 Å². The van der Waals surface area contributed by atoms with Gasteiger partial charge < -0.3 is 9.64 Å². The van der Waals surface area contributed by atoms with E-state index in [0.29, 0.717) is 12.1 Å². The molecule has 0 saturated carbocycles. The van der Waals surface area contributed by atoms with Crippen LogP contribution in [0.15, 0.2) is 0 Å². The fraction of sp³-hybridized carbons (Fsp3) is 0.923. The topological polar surface area (TPSA) is 29.5 Å². The van der Waals surface area contributed by atoms with Crippen molar-refractivity contribution in [3.8, 4) is 0 Å². The molecule has 0 spiro atoms. The van der Waals surface area contributed by atoms with Gasteiger partial charge >= 0.3 is 6.09 Å². The fourth-order valence-electron chi connectivity index (χ4n) is 3.03. The molecule has 0 aromatic rings. The minimum absolute atomic E-state index is 0.113. The Bertz CT molecular complexity index is 286. The number of carbonyl (C=O) groups is 1. The molecule has 2 aliphatic rings. The molecule has 2 heterocycles. The summed E-state index contributed by atoms with van der Waals surface area (Å²) in [6, 6.07) is 0.817. The molecule has 3 nitrogen and oxygen atoms in total. The van der Waals surface area contributed by atoms with E-state index >= 15 is 0 Å². The third-order valence-electron chi connectivity index (χ3n) is 3.65. The SMILES string of the molecule is CC(C)(C)OC(=O)N1C2CCC1CC(CBr)C2. The highest BCUT2D eigenvalue weighted by Crippen LogP contribution is 2.39. The number of hydrogen-bond acceptors (Lipinski definition) is 2. The number of fused-ring (bicyclic) bond motifs is 2. The molecule has 98 valence electrons. The fourth-order valence-corrected chi connectivity index (χ4v) is 3.56. The van der Waals surface area contributed by atoms with Crippen molar-refractivity contribution in [2.45, 2.75) is 64.1 Å². The largest absolute Gasteiger partial charge is 0.444 e. The zero-order valence-electron chi connectivity index (χ0n) is 10.9. The molecule has 17 heavy (non-hydrogen) atoms. The van der Waals surface area contributed by atoms with Crippen LogP contribution in [-0.4, -0.2) is 34.0 Å². The third-order valence-corrected chi connectivity index (χ3v) is 4.57. The van der Waals surface area contributed by atoms with Crippen molar-refractivity contribution < 1.29 is 9.53 Å². The number of nitrogens with zero attached hydrogens (tertiary/aromatic N) is 1. The molecule has 0 aliphatic carbocycles. The molecule has 2 fully saturated rings. The van der Waals surface area contributed by atoms with E-state index in [0.717, 1.165) is 36.9 Å². The van der Waals surface area contributed by atoms with Crippen molar-refractivity contribution in [2.75, 3.05) is 5.33 Å². The van der Waals surface area contributed by atoms with E-state index in [1.54, 1.807) is 0 Å². The summed E-state index contributed by atoms with van der Waals surface area (Å²) in [4.78, 5) is 14.2. The van der Waals surface area contributed by atoms with E-state index in [2.05, 4.69) is 15.9 Å². The van der Waals surface area contributed by atoms with Crippen LogP contribution in [0.4, 0.5) is 4.79 Å². The molecule has 2 unspecified atom stereocenters. The van der Waals surface area contributed by atoms with Crippen LogP contribution in [0.25, 0.3) is 0 Å². The predicted molar refractivity (Wildman–Crippen MR) is 71.4 cm³/mol. The molecule has 2 atom stereocenters. The normalized spacial score (nSPS) is 32.7. The van der Waals surface area contributed by atoms with Gasteiger partial charge in [-0.25, -0.2) is 4.79 Å². The molecule has 2 bridgehead atoms. The van der Waals surface area contributed by atoms with Crippen molar-refractivity contribution in [2.24, 2.45) is 5.92 Å². The molecule has 2 rings (SSSR count). The lowest BCUT2D eigenvalue weighted by Gasteiger charge is -2.39. The number of carbonyl (C=O) groups excluding carboxylic acids is 1. The van der Waals surface area contributed by atoms with E-state index in [-0.39, 0.29) is 11.7 Å². The van der Waals surface area contributed by atoms with Crippen LogP contribution in [0.2, 0.25) is 0 Å². The lowest BCUT2D eigenvalue weighted by molar-refractivity contribution is 0.00346. The first kappa shape index (κ1) is 13.2. The number of hydrogen-bond donors (Lipinski definition) is 0. The quantitative estimate of drug-likeness (QED) is 0.693. The maximum atomic E-state index is 12.2. The summed E-state index contributed by atoms with van der Waals surface area (Å²) in [7, 11) is 0. The Hall–Kier alpha value is -0.250. The van der Waals surface area contributed by atoms with E-state index in [9.17, 15) is 4.79 Å². The Morgan fingerprint density at radius 2 is 1.82 bits per heavy atom. The number of amides is 1. The number of alkyl halides is 1. The lowest BCUT2D eigenvalue weighted by Crippen LogP contribution is -2.48. The van der Waals surface area contributed by atoms with Crippen LogP contribution in [0.3, 0.4) is 0 Å². The highest BCUT2D eigenvalue weighted by Gasteiger charge is 2.44. The summed E-state index contributed by atoms with van der Waals surface area (Å²) in [6.45, 7) is 5.79. The molecule has 0 aromatic heterocycles. The molecule has 0 radical (unpaired) electrons. The van der Waals surface area contributed by atoms with E-state index < -0.39 is 0 Å². The zero-order valence-corrected chi connectivity index (χ0v) is 12.5. The van der Waals surface area contributed by atoms with E-state index in [1.165, 1.54) is 0 Å². The van der Waals surface area contributed by atoms with Crippen LogP contribution in [0, 0.1) is 5.92 Å². The van der Waals surface area contributed by atoms with Crippen LogP contribution < -0.4 is 0 Å². The zero-order chi connectivity index (χ0) is 12.6. The lowest BCUT2D eigenvalue weighted by atomic mass is 9.93. The summed E-state index contributed by atoms with van der Waals surface area (Å²) < 4.78 is 5.50. The molecular formula is C13H22BrNO2. The molecule has 1 amide bonds. The Morgan fingerprint density at radius 1 is 1.29 bits per heavy atom. The Balaban J connectivity index is 2.01. The number of piperidine rings is 1. The van der Waals surface area contributed by atoms with Crippen LogP contribution in [0.5, 0.6) is 0 Å². The first-order valence-corrected chi connectivity index (χ1v) is 7.60. The number of ether oxygens (including phenoxy) is 1. The van der Waals surface area contributed by atoms with E-state index in [4.69, 9.17) is 4.74 Å². The monoisotopic (exact) mass is 303 g/mol. The molecule has 0 N–H and O–H groups in total. The van der Waals surface area contributed by atoms with Crippen molar-refractivity contribution in [3.63, 3.8) is 0 Å². The number of halogens is 1. The van der Waals surface area contributed by atoms with Gasteiger partial charge in [0.2, 0.25) is 0 Å². The maximum absolute atomic E-state index is 12.2. The van der Waals surface area contributed by atoms with Crippen molar-refractivity contribution in [3.05, 3.63) is 0 Å². The van der Waals surface area contributed by atoms with Crippen LogP contribution in [0.1, 0.15) is 46.5 Å². The average Bonchev–Trinajstić information content (AvgIpc) is 2.47. The van der Waals surface area contributed by atoms with Gasteiger partial charge in [0.1, 0.15) is 5.60 Å². The van der Waals surface area contributed by atoms with E-state index in [1.807, 2.05) is 25.7 Å². The first-order chi connectivity index (χ1) is 7.90. The Morgan fingerprint density at radius 3 is 2.24 bits per heavy atom. The average molecular weight is 304 g/mol. The Kier molecular flexibility index (Phi) is 3.71. The second-order valence-electron chi connectivity index (χ2n) is 6.26.